The predicted molar refractivity (Wildman–Crippen MR) is 55.8 cm³/mol. The van der Waals surface area contributed by atoms with Gasteiger partial charge >= 0.3 is 0 Å². The van der Waals surface area contributed by atoms with Gasteiger partial charge in [0.25, 0.3) is 0 Å². The number of nitrogens with zero attached hydrogens (tertiary/aromatic N) is 2. The first-order valence-electron chi connectivity index (χ1n) is 4.23. The minimum Gasteiger partial charge on any atom is -0.323 e. The van der Waals surface area contributed by atoms with E-state index in [1.54, 1.807) is 12.4 Å². The van der Waals surface area contributed by atoms with Gasteiger partial charge in [0.05, 0.1) is 11.9 Å². The summed E-state index contributed by atoms with van der Waals surface area (Å²) in [5.41, 5.74) is 2.98. The van der Waals surface area contributed by atoms with Crippen molar-refractivity contribution in [2.45, 2.75) is 0 Å². The molecular formula is C10H10N4. The van der Waals surface area contributed by atoms with Gasteiger partial charge < -0.3 is 5.84 Å². The fourth-order valence-corrected chi connectivity index (χ4v) is 1.25. The molecule has 2 aromatic rings. The van der Waals surface area contributed by atoms with Crippen LogP contribution in [0.4, 0.5) is 0 Å². The number of nitrogens with one attached hydrogen (secondary N) is 1. The van der Waals surface area contributed by atoms with Crippen molar-refractivity contribution >= 4 is 6.21 Å². The van der Waals surface area contributed by atoms with Crippen molar-refractivity contribution in [1.29, 1.82) is 0 Å². The quantitative estimate of drug-likeness (QED) is 0.422. The van der Waals surface area contributed by atoms with E-state index in [4.69, 9.17) is 5.84 Å². The van der Waals surface area contributed by atoms with Crippen LogP contribution in [-0.4, -0.2) is 16.4 Å². The van der Waals surface area contributed by atoms with Crippen LogP contribution in [0.1, 0.15) is 5.56 Å². The van der Waals surface area contributed by atoms with Crippen molar-refractivity contribution < 1.29 is 0 Å². The molecule has 1 aromatic carbocycles. The molecule has 1 aromatic heterocycles. The maximum atomic E-state index is 5.05. The molecule has 0 aliphatic carbocycles. The summed E-state index contributed by atoms with van der Waals surface area (Å²) < 4.78 is 0. The van der Waals surface area contributed by atoms with Crippen LogP contribution in [0.25, 0.3) is 11.3 Å². The maximum absolute atomic E-state index is 5.05. The Morgan fingerprint density at radius 1 is 1.21 bits per heavy atom. The first-order chi connectivity index (χ1) is 6.90. The third-order valence-corrected chi connectivity index (χ3v) is 1.93. The Morgan fingerprint density at radius 2 is 2.00 bits per heavy atom. The lowest BCUT2D eigenvalue weighted by Gasteiger charge is -1.96. The molecule has 0 radical (unpaired) electrons. The van der Waals surface area contributed by atoms with Gasteiger partial charge in [0.1, 0.15) is 0 Å². The largest absolute Gasteiger partial charge is 0.323 e. The minimum absolute atomic E-state index is 0.932. The monoisotopic (exact) mass is 186 g/mol. The summed E-state index contributed by atoms with van der Waals surface area (Å²) in [6.07, 6.45) is 3.40. The lowest BCUT2D eigenvalue weighted by atomic mass is 10.1. The van der Waals surface area contributed by atoms with Crippen LogP contribution >= 0.6 is 0 Å². The Labute approximate surface area is 81.5 Å². The molecule has 0 fully saturated rings. The Kier molecular flexibility index (Phi) is 2.27. The number of hydrogen-bond acceptors (Lipinski definition) is 3. The molecule has 0 saturated heterocycles. The summed E-state index contributed by atoms with van der Waals surface area (Å²) in [6, 6.07) is 9.77. The molecule has 0 aliphatic heterocycles. The van der Waals surface area contributed by atoms with Gasteiger partial charge in [-0.15, -0.1) is 0 Å². The summed E-state index contributed by atoms with van der Waals surface area (Å²) in [5.74, 6) is 5.05. The van der Waals surface area contributed by atoms with E-state index in [1.165, 1.54) is 0 Å². The lowest BCUT2D eigenvalue weighted by molar-refractivity contribution is 1.10. The van der Waals surface area contributed by atoms with Crippen molar-refractivity contribution in [3.05, 3.63) is 42.1 Å². The Morgan fingerprint density at radius 3 is 2.57 bits per heavy atom. The fourth-order valence-electron chi connectivity index (χ4n) is 1.25. The number of rotatable bonds is 2. The van der Waals surface area contributed by atoms with Gasteiger partial charge in [0.15, 0.2) is 0 Å². The molecule has 14 heavy (non-hydrogen) atoms. The summed E-state index contributed by atoms with van der Waals surface area (Å²) in [4.78, 5) is 0. The van der Waals surface area contributed by atoms with E-state index in [0.717, 1.165) is 16.8 Å². The highest BCUT2D eigenvalue weighted by atomic mass is 15.1. The summed E-state index contributed by atoms with van der Waals surface area (Å²) >= 11 is 0. The second-order valence-electron chi connectivity index (χ2n) is 2.86. The van der Waals surface area contributed by atoms with Gasteiger partial charge in [-0.05, 0) is 11.6 Å². The number of aromatic nitrogens is 2. The topological polar surface area (TPSA) is 67.1 Å². The lowest BCUT2D eigenvalue weighted by Crippen LogP contribution is -1.86. The standard InChI is InChI=1S/C10H10N4/c11-12-7-8-1-3-9(4-2-8)10-5-6-13-14-10/h1-7H,11H2,(H,13,14). The molecule has 0 aliphatic rings. The highest BCUT2D eigenvalue weighted by molar-refractivity contribution is 5.80. The second-order valence-corrected chi connectivity index (χ2v) is 2.86. The number of nitrogens with two attached hydrogens (primary N) is 1. The minimum atomic E-state index is 0.932. The van der Waals surface area contributed by atoms with Crippen LogP contribution in [0.15, 0.2) is 41.6 Å². The SMILES string of the molecule is NN=Cc1ccc(-c2cc[nH]n2)cc1. The van der Waals surface area contributed by atoms with Crippen LogP contribution in [0.3, 0.4) is 0 Å². The van der Waals surface area contributed by atoms with Crippen molar-refractivity contribution in [1.82, 2.24) is 10.2 Å². The van der Waals surface area contributed by atoms with Crippen molar-refractivity contribution in [2.24, 2.45) is 10.9 Å². The van der Waals surface area contributed by atoms with Crippen LogP contribution in [0, 0.1) is 0 Å². The van der Waals surface area contributed by atoms with Crippen molar-refractivity contribution in [3.63, 3.8) is 0 Å². The zero-order chi connectivity index (χ0) is 9.80. The first-order valence-corrected chi connectivity index (χ1v) is 4.23. The highest BCUT2D eigenvalue weighted by Gasteiger charge is 1.97. The number of aromatic amines is 1. The van der Waals surface area contributed by atoms with E-state index >= 15 is 0 Å². The third-order valence-electron chi connectivity index (χ3n) is 1.93. The molecule has 0 unspecified atom stereocenters. The van der Waals surface area contributed by atoms with Gasteiger partial charge in [-0.25, -0.2) is 0 Å². The normalized spacial score (nSPS) is 10.9. The predicted octanol–water partition coefficient (Wildman–Crippen LogP) is 1.37. The zero-order valence-corrected chi connectivity index (χ0v) is 7.51. The van der Waals surface area contributed by atoms with Gasteiger partial charge in [0, 0.05) is 11.8 Å². The van der Waals surface area contributed by atoms with Crippen LogP contribution in [-0.2, 0) is 0 Å². The molecule has 2 rings (SSSR count). The van der Waals surface area contributed by atoms with Crippen molar-refractivity contribution in [2.75, 3.05) is 0 Å². The molecule has 0 atom stereocenters. The number of benzene rings is 1. The molecule has 70 valence electrons. The van der Waals surface area contributed by atoms with Crippen LogP contribution < -0.4 is 5.84 Å². The zero-order valence-electron chi connectivity index (χ0n) is 7.51. The van der Waals surface area contributed by atoms with Gasteiger partial charge in [-0.1, -0.05) is 24.3 Å². The van der Waals surface area contributed by atoms with Gasteiger partial charge in [-0.3, -0.25) is 5.10 Å². The Bertz CT molecular complexity index is 414. The summed E-state index contributed by atoms with van der Waals surface area (Å²) in [5, 5.41) is 10.3. The van der Waals surface area contributed by atoms with E-state index in [-0.39, 0.29) is 0 Å². The van der Waals surface area contributed by atoms with Gasteiger partial charge in [0.2, 0.25) is 0 Å². The summed E-state index contributed by atoms with van der Waals surface area (Å²) in [6.45, 7) is 0. The first kappa shape index (κ1) is 8.50. The van der Waals surface area contributed by atoms with E-state index in [1.807, 2.05) is 30.3 Å². The van der Waals surface area contributed by atoms with E-state index < -0.39 is 0 Å². The van der Waals surface area contributed by atoms with Gasteiger partial charge in [-0.2, -0.15) is 10.2 Å². The average Bonchev–Trinajstić information content (AvgIpc) is 2.72. The van der Waals surface area contributed by atoms with E-state index in [2.05, 4.69) is 15.3 Å². The second kappa shape index (κ2) is 3.74. The molecule has 4 heteroatoms. The fraction of sp³-hybridized carbons (Fsp3) is 0. The smallest absolute Gasteiger partial charge is 0.0920 e. The highest BCUT2D eigenvalue weighted by Crippen LogP contribution is 2.15. The Balaban J connectivity index is 2.31. The van der Waals surface area contributed by atoms with E-state index in [0.29, 0.717) is 0 Å². The molecule has 0 bridgehead atoms. The van der Waals surface area contributed by atoms with E-state index in [9.17, 15) is 0 Å². The molecular weight excluding hydrogens is 176 g/mol. The molecule has 1 heterocycles. The number of H-pyrrole nitrogens is 1. The van der Waals surface area contributed by atoms with Crippen LogP contribution in [0.5, 0.6) is 0 Å². The number of hydrogen-bond donors (Lipinski definition) is 2. The van der Waals surface area contributed by atoms with Crippen molar-refractivity contribution in [3.8, 4) is 11.3 Å². The Hall–Kier alpha value is -2.10. The molecule has 0 spiro atoms. The molecule has 0 saturated carbocycles. The molecule has 3 N–H and O–H groups in total. The molecule has 0 amide bonds. The molecule has 4 nitrogen and oxygen atoms in total. The van der Waals surface area contributed by atoms with Crippen LogP contribution in [0.2, 0.25) is 0 Å². The number of hydrazone groups is 1. The third kappa shape index (κ3) is 1.64. The average molecular weight is 186 g/mol. The summed E-state index contributed by atoms with van der Waals surface area (Å²) in [7, 11) is 0. The maximum Gasteiger partial charge on any atom is 0.0920 e.